The van der Waals surface area contributed by atoms with Crippen LogP contribution >= 0.6 is 11.8 Å². The van der Waals surface area contributed by atoms with Crippen LogP contribution < -0.4 is 0 Å². The molecule has 0 spiro atoms. The van der Waals surface area contributed by atoms with E-state index in [2.05, 4.69) is 4.98 Å². The fourth-order valence-corrected chi connectivity index (χ4v) is 2.89. The number of carboxylic acids is 1. The third kappa shape index (κ3) is 2.78. The first-order valence-corrected chi connectivity index (χ1v) is 7.12. The van der Waals surface area contributed by atoms with Crippen molar-refractivity contribution < 1.29 is 18.7 Å². The van der Waals surface area contributed by atoms with Gasteiger partial charge in [0.25, 0.3) is 0 Å². The summed E-state index contributed by atoms with van der Waals surface area (Å²) in [4.78, 5) is 15.9. The summed E-state index contributed by atoms with van der Waals surface area (Å²) in [5, 5.41) is 10.2. The highest BCUT2D eigenvalue weighted by Gasteiger charge is 2.13. The molecule has 0 aliphatic heterocycles. The Morgan fingerprint density at radius 3 is 2.59 bits per heavy atom. The Hall–Kier alpha value is -2.47. The molecule has 0 bridgehead atoms. The van der Waals surface area contributed by atoms with Crippen LogP contribution in [-0.4, -0.2) is 16.1 Å². The van der Waals surface area contributed by atoms with Gasteiger partial charge in [0, 0.05) is 16.3 Å². The average Bonchev–Trinajstić information content (AvgIpc) is 2.49. The maximum absolute atomic E-state index is 13.7. The van der Waals surface area contributed by atoms with E-state index in [1.165, 1.54) is 12.1 Å². The number of para-hydroxylation sites is 1. The Bertz CT molecular complexity index is 883. The first-order valence-electron chi connectivity index (χ1n) is 6.30. The largest absolute Gasteiger partial charge is 0.478 e. The van der Waals surface area contributed by atoms with E-state index >= 15 is 0 Å². The van der Waals surface area contributed by atoms with Crippen molar-refractivity contribution in [2.24, 2.45) is 0 Å². The van der Waals surface area contributed by atoms with Crippen molar-refractivity contribution in [3.63, 3.8) is 0 Å². The van der Waals surface area contributed by atoms with Gasteiger partial charge in [-0.25, -0.2) is 18.6 Å². The van der Waals surface area contributed by atoms with Gasteiger partial charge < -0.3 is 5.11 Å². The number of carbonyl (C=O) groups is 1. The Morgan fingerprint density at radius 2 is 1.86 bits per heavy atom. The zero-order valence-electron chi connectivity index (χ0n) is 11.1. The zero-order chi connectivity index (χ0) is 15.7. The molecule has 3 nitrogen and oxygen atoms in total. The Labute approximate surface area is 128 Å². The number of aromatic nitrogens is 1. The van der Waals surface area contributed by atoms with Gasteiger partial charge >= 0.3 is 5.97 Å². The molecule has 0 radical (unpaired) electrons. The molecule has 3 rings (SSSR count). The minimum absolute atomic E-state index is 0.0932. The van der Waals surface area contributed by atoms with Crippen LogP contribution in [0.5, 0.6) is 0 Å². The molecule has 1 aromatic heterocycles. The number of aromatic carboxylic acids is 1. The second-order valence-electron chi connectivity index (χ2n) is 4.51. The van der Waals surface area contributed by atoms with E-state index in [0.29, 0.717) is 15.9 Å². The van der Waals surface area contributed by atoms with E-state index in [4.69, 9.17) is 0 Å². The summed E-state index contributed by atoms with van der Waals surface area (Å²) in [5.74, 6) is -2.46. The van der Waals surface area contributed by atoms with Gasteiger partial charge in [0.1, 0.15) is 16.7 Å². The van der Waals surface area contributed by atoms with Crippen molar-refractivity contribution in [3.8, 4) is 0 Å². The summed E-state index contributed by atoms with van der Waals surface area (Å²) >= 11 is 0.953. The molecular formula is C16H9F2NO2S. The van der Waals surface area contributed by atoms with Crippen molar-refractivity contribution in [3.05, 3.63) is 65.7 Å². The topological polar surface area (TPSA) is 50.2 Å². The summed E-state index contributed by atoms with van der Waals surface area (Å²) in [7, 11) is 0. The number of benzene rings is 2. The van der Waals surface area contributed by atoms with E-state index in [1.807, 2.05) is 0 Å². The molecule has 0 amide bonds. The number of rotatable bonds is 3. The van der Waals surface area contributed by atoms with Gasteiger partial charge in [-0.2, -0.15) is 0 Å². The van der Waals surface area contributed by atoms with Gasteiger partial charge in [0.2, 0.25) is 0 Å². The SMILES string of the molecule is O=C(O)c1cc(Sc2ccc(F)cc2F)nc2ccccc12. The summed E-state index contributed by atoms with van der Waals surface area (Å²) < 4.78 is 26.6. The number of nitrogens with zero attached hydrogens (tertiary/aromatic N) is 1. The van der Waals surface area contributed by atoms with Crippen LogP contribution in [0.3, 0.4) is 0 Å². The summed E-state index contributed by atoms with van der Waals surface area (Å²) in [6.45, 7) is 0. The quantitative estimate of drug-likeness (QED) is 0.779. The Balaban J connectivity index is 2.09. The summed E-state index contributed by atoms with van der Waals surface area (Å²) in [6.07, 6.45) is 0. The number of fused-ring (bicyclic) bond motifs is 1. The van der Waals surface area contributed by atoms with Gasteiger partial charge in [-0.05, 0) is 24.3 Å². The van der Waals surface area contributed by atoms with Crippen molar-refractivity contribution in [2.75, 3.05) is 0 Å². The maximum atomic E-state index is 13.7. The lowest BCUT2D eigenvalue weighted by Crippen LogP contribution is -1.99. The number of hydrogen-bond donors (Lipinski definition) is 1. The van der Waals surface area contributed by atoms with E-state index in [0.717, 1.165) is 23.9 Å². The number of halogens is 2. The molecule has 22 heavy (non-hydrogen) atoms. The smallest absolute Gasteiger partial charge is 0.336 e. The third-order valence-electron chi connectivity index (χ3n) is 3.03. The molecule has 110 valence electrons. The van der Waals surface area contributed by atoms with Crippen molar-refractivity contribution in [2.45, 2.75) is 9.92 Å². The zero-order valence-corrected chi connectivity index (χ0v) is 11.9. The number of hydrogen-bond acceptors (Lipinski definition) is 3. The van der Waals surface area contributed by atoms with Gasteiger partial charge in [-0.1, -0.05) is 30.0 Å². The predicted octanol–water partition coefficient (Wildman–Crippen LogP) is 4.36. The lowest BCUT2D eigenvalue weighted by molar-refractivity contribution is 0.0698. The molecule has 0 fully saturated rings. The molecule has 0 saturated carbocycles. The molecule has 2 aromatic carbocycles. The first kappa shape index (κ1) is 14.5. The van der Waals surface area contributed by atoms with E-state index < -0.39 is 17.6 Å². The molecule has 3 aromatic rings. The lowest BCUT2D eigenvalue weighted by atomic mass is 10.1. The van der Waals surface area contributed by atoms with Crippen LogP contribution in [0.2, 0.25) is 0 Å². The van der Waals surface area contributed by atoms with E-state index in [-0.39, 0.29) is 10.5 Å². The Morgan fingerprint density at radius 1 is 1.09 bits per heavy atom. The molecule has 1 N–H and O–H groups in total. The molecule has 0 aliphatic carbocycles. The van der Waals surface area contributed by atoms with Gasteiger partial charge in [-0.3, -0.25) is 0 Å². The minimum atomic E-state index is -1.08. The van der Waals surface area contributed by atoms with Crippen molar-refractivity contribution in [1.29, 1.82) is 0 Å². The molecule has 0 atom stereocenters. The van der Waals surface area contributed by atoms with Gasteiger partial charge in [0.15, 0.2) is 0 Å². The van der Waals surface area contributed by atoms with Crippen LogP contribution in [0, 0.1) is 11.6 Å². The first-order chi connectivity index (χ1) is 10.5. The monoisotopic (exact) mass is 317 g/mol. The molecule has 0 aliphatic rings. The molecular weight excluding hydrogens is 308 g/mol. The number of carboxylic acid groups (broad SMARTS) is 1. The highest BCUT2D eigenvalue weighted by atomic mass is 32.2. The third-order valence-corrected chi connectivity index (χ3v) is 4.00. The van der Waals surface area contributed by atoms with Crippen LogP contribution in [0.1, 0.15) is 10.4 Å². The summed E-state index contributed by atoms with van der Waals surface area (Å²) in [6, 6.07) is 11.4. The highest BCUT2D eigenvalue weighted by molar-refractivity contribution is 7.99. The van der Waals surface area contributed by atoms with Gasteiger partial charge in [0.05, 0.1) is 11.1 Å². The molecule has 0 unspecified atom stereocenters. The van der Waals surface area contributed by atoms with Crippen molar-refractivity contribution in [1.82, 2.24) is 4.98 Å². The van der Waals surface area contributed by atoms with Crippen LogP contribution in [-0.2, 0) is 0 Å². The fourth-order valence-electron chi connectivity index (χ4n) is 2.05. The van der Waals surface area contributed by atoms with E-state index in [1.54, 1.807) is 24.3 Å². The standard InChI is InChI=1S/C16H9F2NO2S/c17-9-5-6-14(12(18)7-9)22-15-8-11(16(20)21)10-3-1-2-4-13(10)19-15/h1-8H,(H,20,21). The second kappa shape index (κ2) is 5.73. The highest BCUT2D eigenvalue weighted by Crippen LogP contribution is 2.31. The molecule has 1 heterocycles. The Kier molecular flexibility index (Phi) is 3.77. The summed E-state index contributed by atoms with van der Waals surface area (Å²) in [5.41, 5.74) is 0.600. The molecule has 6 heteroatoms. The average molecular weight is 317 g/mol. The fraction of sp³-hybridized carbons (Fsp3) is 0. The minimum Gasteiger partial charge on any atom is -0.478 e. The predicted molar refractivity (Wildman–Crippen MR) is 79.2 cm³/mol. The van der Waals surface area contributed by atoms with Gasteiger partial charge in [-0.15, -0.1) is 0 Å². The normalized spacial score (nSPS) is 10.8. The van der Waals surface area contributed by atoms with Crippen LogP contribution in [0.25, 0.3) is 10.9 Å². The van der Waals surface area contributed by atoms with Crippen LogP contribution in [0.4, 0.5) is 8.78 Å². The van der Waals surface area contributed by atoms with Crippen molar-refractivity contribution >= 4 is 28.6 Å². The van der Waals surface area contributed by atoms with Crippen LogP contribution in [0.15, 0.2) is 58.5 Å². The second-order valence-corrected chi connectivity index (χ2v) is 5.57. The maximum Gasteiger partial charge on any atom is 0.336 e. The molecule has 0 saturated heterocycles. The van der Waals surface area contributed by atoms with E-state index in [9.17, 15) is 18.7 Å². The lowest BCUT2D eigenvalue weighted by Gasteiger charge is -2.07. The number of pyridine rings is 1.